The first-order valence-corrected chi connectivity index (χ1v) is 11.3. The highest BCUT2D eigenvalue weighted by Crippen LogP contribution is 2.31. The van der Waals surface area contributed by atoms with Gasteiger partial charge < -0.3 is 0 Å². The maximum atomic E-state index is 14.5. The average Bonchev–Trinajstić information content (AvgIpc) is 2.39. The van der Waals surface area contributed by atoms with Crippen LogP contribution in [0.4, 0.5) is 4.39 Å². The number of hydrogen-bond donors (Lipinski definition) is 0. The first-order chi connectivity index (χ1) is 9.43. The molecule has 0 aliphatic carbocycles. The van der Waals surface area contributed by atoms with E-state index in [9.17, 15) is 4.39 Å². The Morgan fingerprint density at radius 2 is 1.90 bits per heavy atom. The smallest absolute Gasteiger partial charge is 0.130 e. The average molecular weight is 305 g/mol. The van der Waals surface area contributed by atoms with Crippen molar-refractivity contribution < 1.29 is 4.39 Å². The van der Waals surface area contributed by atoms with Gasteiger partial charge in [-0.05, 0) is 17.9 Å². The first kappa shape index (κ1) is 15.3. The van der Waals surface area contributed by atoms with E-state index < -0.39 is 8.07 Å². The maximum absolute atomic E-state index is 14.5. The van der Waals surface area contributed by atoms with E-state index >= 15 is 0 Å². The number of aromatic nitrogens is 1. The number of thioether (sulfide) groups is 1. The molecule has 1 aromatic heterocycles. The number of benzene rings is 1. The lowest BCUT2D eigenvalue weighted by Crippen LogP contribution is -2.37. The van der Waals surface area contributed by atoms with Gasteiger partial charge in [-0.2, -0.15) is 0 Å². The number of hydrogen-bond acceptors (Lipinski definition) is 2. The SMILES string of the molecule is CCSc1cnccc1-c1ccc([Si](C)(C)C)cc1F. The van der Waals surface area contributed by atoms with E-state index in [-0.39, 0.29) is 5.82 Å². The van der Waals surface area contributed by atoms with Crippen LogP contribution in [0.1, 0.15) is 6.92 Å². The van der Waals surface area contributed by atoms with Gasteiger partial charge in [0.2, 0.25) is 0 Å². The Morgan fingerprint density at radius 3 is 2.50 bits per heavy atom. The zero-order chi connectivity index (χ0) is 14.8. The van der Waals surface area contributed by atoms with Crippen molar-refractivity contribution in [3.05, 3.63) is 42.5 Å². The molecule has 0 atom stereocenters. The lowest BCUT2D eigenvalue weighted by Gasteiger charge is -2.18. The summed E-state index contributed by atoms with van der Waals surface area (Å²) in [5.74, 6) is 0.821. The van der Waals surface area contributed by atoms with Crippen molar-refractivity contribution in [1.29, 1.82) is 0 Å². The highest BCUT2D eigenvalue weighted by Gasteiger charge is 2.19. The van der Waals surface area contributed by atoms with E-state index in [4.69, 9.17) is 0 Å². The molecule has 0 radical (unpaired) electrons. The normalized spacial score (nSPS) is 11.7. The minimum absolute atomic E-state index is 0.130. The molecule has 0 bridgehead atoms. The Morgan fingerprint density at radius 1 is 1.15 bits per heavy atom. The third kappa shape index (κ3) is 3.30. The Labute approximate surface area is 125 Å². The Kier molecular flexibility index (Phi) is 4.65. The fourth-order valence-corrected chi connectivity index (χ4v) is 4.00. The molecule has 0 N–H and O–H groups in total. The molecule has 106 valence electrons. The van der Waals surface area contributed by atoms with Crippen molar-refractivity contribution in [2.45, 2.75) is 31.5 Å². The quantitative estimate of drug-likeness (QED) is 0.607. The zero-order valence-electron chi connectivity index (χ0n) is 12.4. The van der Waals surface area contributed by atoms with Crippen LogP contribution in [0.15, 0.2) is 41.6 Å². The Bertz CT molecular complexity index is 608. The van der Waals surface area contributed by atoms with E-state index in [1.165, 1.54) is 0 Å². The molecule has 1 nitrogen and oxygen atoms in total. The summed E-state index contributed by atoms with van der Waals surface area (Å²) in [6.07, 6.45) is 3.54. The van der Waals surface area contributed by atoms with Crippen molar-refractivity contribution in [3.8, 4) is 11.1 Å². The molecule has 2 aromatic rings. The van der Waals surface area contributed by atoms with Gasteiger partial charge in [0.1, 0.15) is 5.82 Å². The fourth-order valence-electron chi connectivity index (χ4n) is 2.07. The van der Waals surface area contributed by atoms with Gasteiger partial charge in [0.15, 0.2) is 0 Å². The molecule has 0 aliphatic heterocycles. The highest BCUT2D eigenvalue weighted by atomic mass is 32.2. The van der Waals surface area contributed by atoms with Gasteiger partial charge in [-0.1, -0.05) is 43.9 Å². The molecule has 0 saturated carbocycles. The van der Waals surface area contributed by atoms with Crippen LogP contribution in [-0.4, -0.2) is 18.8 Å². The molecule has 4 heteroatoms. The van der Waals surface area contributed by atoms with Gasteiger partial charge in [-0.15, -0.1) is 11.8 Å². The van der Waals surface area contributed by atoms with E-state index in [0.29, 0.717) is 5.56 Å². The third-order valence-electron chi connectivity index (χ3n) is 3.21. The van der Waals surface area contributed by atoms with Crippen LogP contribution in [0, 0.1) is 5.82 Å². The van der Waals surface area contributed by atoms with Crippen LogP contribution in [0.25, 0.3) is 11.1 Å². The summed E-state index contributed by atoms with van der Waals surface area (Å²) >= 11 is 1.69. The van der Waals surface area contributed by atoms with E-state index in [2.05, 4.69) is 37.6 Å². The van der Waals surface area contributed by atoms with Gasteiger partial charge >= 0.3 is 0 Å². The van der Waals surface area contributed by atoms with Crippen LogP contribution in [0.5, 0.6) is 0 Å². The summed E-state index contributed by atoms with van der Waals surface area (Å²) in [5, 5.41) is 1.15. The van der Waals surface area contributed by atoms with E-state index in [0.717, 1.165) is 21.4 Å². The topological polar surface area (TPSA) is 12.9 Å². The predicted octanol–water partition coefficient (Wildman–Crippen LogP) is 4.54. The van der Waals surface area contributed by atoms with Gasteiger partial charge in [0.05, 0.1) is 8.07 Å². The number of pyridine rings is 1. The second-order valence-corrected chi connectivity index (χ2v) is 12.1. The predicted molar refractivity (Wildman–Crippen MR) is 89.0 cm³/mol. The van der Waals surface area contributed by atoms with Gasteiger partial charge in [-0.3, -0.25) is 4.98 Å². The summed E-state index contributed by atoms with van der Waals surface area (Å²) in [6, 6.07) is 7.59. The van der Waals surface area contributed by atoms with Crippen LogP contribution < -0.4 is 5.19 Å². The molecule has 0 amide bonds. The van der Waals surface area contributed by atoms with Gasteiger partial charge in [-0.25, -0.2) is 4.39 Å². The molecular formula is C16H20FNSSi. The molecule has 1 aromatic carbocycles. The Balaban J connectivity index is 2.49. The molecule has 0 fully saturated rings. The second-order valence-electron chi connectivity index (χ2n) is 5.75. The standard InChI is InChI=1S/C16H20FNSSi/c1-5-19-16-11-18-9-8-14(16)13-7-6-12(10-15(13)17)20(2,3)4/h6-11H,5H2,1-4H3. The fraction of sp³-hybridized carbons (Fsp3) is 0.312. The minimum atomic E-state index is -1.47. The molecule has 0 spiro atoms. The van der Waals surface area contributed by atoms with Crippen LogP contribution in [-0.2, 0) is 0 Å². The molecule has 20 heavy (non-hydrogen) atoms. The molecule has 1 heterocycles. The monoisotopic (exact) mass is 305 g/mol. The minimum Gasteiger partial charge on any atom is -0.264 e. The largest absolute Gasteiger partial charge is 0.264 e. The van der Waals surface area contributed by atoms with Crippen molar-refractivity contribution >= 4 is 25.0 Å². The summed E-state index contributed by atoms with van der Waals surface area (Å²) < 4.78 is 14.5. The number of rotatable bonds is 4. The van der Waals surface area contributed by atoms with E-state index in [1.807, 2.05) is 18.3 Å². The van der Waals surface area contributed by atoms with Crippen LogP contribution >= 0.6 is 11.8 Å². The lowest BCUT2D eigenvalue weighted by molar-refractivity contribution is 0.632. The van der Waals surface area contributed by atoms with Crippen LogP contribution in [0.2, 0.25) is 19.6 Å². The molecule has 2 rings (SSSR count). The highest BCUT2D eigenvalue weighted by molar-refractivity contribution is 7.99. The van der Waals surface area contributed by atoms with Crippen molar-refractivity contribution in [3.63, 3.8) is 0 Å². The second kappa shape index (κ2) is 6.10. The summed E-state index contributed by atoms with van der Waals surface area (Å²) in [5.41, 5.74) is 1.61. The van der Waals surface area contributed by atoms with Crippen molar-refractivity contribution in [2.24, 2.45) is 0 Å². The molecule has 0 saturated heterocycles. The van der Waals surface area contributed by atoms with Crippen molar-refractivity contribution in [1.82, 2.24) is 4.98 Å². The number of nitrogens with zero attached hydrogens (tertiary/aromatic N) is 1. The van der Waals surface area contributed by atoms with E-state index in [1.54, 1.807) is 24.0 Å². The summed E-state index contributed by atoms with van der Waals surface area (Å²) in [7, 11) is -1.47. The van der Waals surface area contributed by atoms with Gasteiger partial charge in [0.25, 0.3) is 0 Å². The van der Waals surface area contributed by atoms with Crippen molar-refractivity contribution in [2.75, 3.05) is 5.75 Å². The molecule has 0 aliphatic rings. The molecular weight excluding hydrogens is 285 g/mol. The maximum Gasteiger partial charge on any atom is 0.130 e. The summed E-state index contributed by atoms with van der Waals surface area (Å²) in [4.78, 5) is 5.18. The van der Waals surface area contributed by atoms with Crippen LogP contribution in [0.3, 0.4) is 0 Å². The molecule has 0 unspecified atom stereocenters. The number of halogens is 1. The summed E-state index contributed by atoms with van der Waals surface area (Å²) in [6.45, 7) is 8.77. The lowest BCUT2D eigenvalue weighted by atomic mass is 10.1. The first-order valence-electron chi connectivity index (χ1n) is 6.80. The third-order valence-corrected chi connectivity index (χ3v) is 6.18. The zero-order valence-corrected chi connectivity index (χ0v) is 14.2. The Hall–Kier alpha value is -1.13. The van der Waals surface area contributed by atoms with Gasteiger partial charge in [0, 0.05) is 28.4 Å².